The van der Waals surface area contributed by atoms with Gasteiger partial charge >= 0.3 is 97.9 Å². The molecule has 0 aromatic heterocycles. The predicted molar refractivity (Wildman–Crippen MR) is 61.0 cm³/mol. The summed E-state index contributed by atoms with van der Waals surface area (Å²) in [5.41, 5.74) is 8.37. The second-order valence-electron chi connectivity index (χ2n) is 2.86. The van der Waals surface area contributed by atoms with Crippen molar-refractivity contribution in [3.63, 3.8) is 0 Å². The van der Waals surface area contributed by atoms with E-state index >= 15 is 0 Å². The fourth-order valence-electron chi connectivity index (χ4n) is 1.33. The number of nitrogens with two attached hydrogens (primary N) is 1. The summed E-state index contributed by atoms with van der Waals surface area (Å²) in [6.07, 6.45) is 0. The van der Waals surface area contributed by atoms with Crippen molar-refractivity contribution in [2.24, 2.45) is 5.73 Å². The Morgan fingerprint density at radius 1 is 1.46 bits per heavy atom. The number of thioether (sulfide) groups is 1. The van der Waals surface area contributed by atoms with Crippen molar-refractivity contribution in [3.8, 4) is 0 Å². The molecule has 0 aliphatic carbocycles. The van der Waals surface area contributed by atoms with E-state index in [0.29, 0.717) is 11.8 Å². The van der Waals surface area contributed by atoms with E-state index in [-0.39, 0.29) is 0 Å². The third-order valence-corrected chi connectivity index (χ3v) is 4.39. The quantitative estimate of drug-likeness (QED) is 0.861. The number of hydrogen-bond acceptors (Lipinski definition) is 2. The molecule has 0 saturated carbocycles. The van der Waals surface area contributed by atoms with Gasteiger partial charge in [0.2, 0.25) is 0 Å². The first-order chi connectivity index (χ1) is 6.29. The van der Waals surface area contributed by atoms with Gasteiger partial charge in [0, 0.05) is 0 Å². The van der Waals surface area contributed by atoms with Crippen LogP contribution in [0.4, 0.5) is 0 Å². The molecule has 0 amide bonds. The SMILES string of the molecule is CC(S[CH2][Sn])c1ccccc1CN. The van der Waals surface area contributed by atoms with Gasteiger partial charge in [0.1, 0.15) is 0 Å². The fourth-order valence-corrected chi connectivity index (χ4v) is 4.13. The monoisotopic (exact) mass is 300 g/mol. The van der Waals surface area contributed by atoms with Crippen molar-refractivity contribution in [1.82, 2.24) is 0 Å². The minimum absolute atomic E-state index is 0.582. The van der Waals surface area contributed by atoms with Crippen LogP contribution in [0.1, 0.15) is 23.3 Å². The Bertz CT molecular complexity index is 265. The molecule has 1 aromatic carbocycles. The Balaban J connectivity index is 2.85. The maximum absolute atomic E-state index is 5.68. The zero-order valence-corrected chi connectivity index (χ0v) is 11.5. The van der Waals surface area contributed by atoms with Gasteiger partial charge in [-0.05, 0) is 0 Å². The first kappa shape index (κ1) is 11.4. The zero-order chi connectivity index (χ0) is 9.68. The molecular weight excluding hydrogens is 285 g/mol. The van der Waals surface area contributed by atoms with Gasteiger partial charge in [-0.3, -0.25) is 0 Å². The van der Waals surface area contributed by atoms with E-state index in [4.69, 9.17) is 5.73 Å². The van der Waals surface area contributed by atoms with Crippen molar-refractivity contribution in [3.05, 3.63) is 35.4 Å². The molecule has 13 heavy (non-hydrogen) atoms. The zero-order valence-electron chi connectivity index (χ0n) is 7.79. The van der Waals surface area contributed by atoms with E-state index in [1.165, 1.54) is 14.9 Å². The molecule has 1 aromatic rings. The molecule has 1 nitrogen and oxygen atoms in total. The summed E-state index contributed by atoms with van der Waals surface area (Å²) in [7, 11) is 0. The van der Waals surface area contributed by atoms with Gasteiger partial charge in [-0.1, -0.05) is 0 Å². The fraction of sp³-hybridized carbons (Fsp3) is 0.400. The second kappa shape index (κ2) is 5.93. The van der Waals surface area contributed by atoms with Gasteiger partial charge in [-0.15, -0.1) is 0 Å². The van der Waals surface area contributed by atoms with E-state index < -0.39 is 0 Å². The van der Waals surface area contributed by atoms with Crippen molar-refractivity contribution in [1.29, 1.82) is 0 Å². The topological polar surface area (TPSA) is 26.0 Å². The minimum atomic E-state index is 0.582. The molecule has 0 bridgehead atoms. The normalized spacial score (nSPS) is 12.8. The van der Waals surface area contributed by atoms with Crippen LogP contribution in [0.15, 0.2) is 24.3 Å². The van der Waals surface area contributed by atoms with Crippen LogP contribution in [0, 0.1) is 0 Å². The van der Waals surface area contributed by atoms with E-state index in [1.807, 2.05) is 11.8 Å². The molecule has 0 fully saturated rings. The van der Waals surface area contributed by atoms with Crippen molar-refractivity contribution < 1.29 is 0 Å². The third kappa shape index (κ3) is 3.18. The van der Waals surface area contributed by atoms with Crippen LogP contribution in [0.5, 0.6) is 0 Å². The summed E-state index contributed by atoms with van der Waals surface area (Å²) >= 11 is 3.59. The molecule has 3 heteroatoms. The molecule has 0 saturated heterocycles. The first-order valence-electron chi connectivity index (χ1n) is 4.33. The van der Waals surface area contributed by atoms with Gasteiger partial charge < -0.3 is 0 Å². The van der Waals surface area contributed by atoms with Gasteiger partial charge in [-0.25, -0.2) is 0 Å². The first-order valence-corrected chi connectivity index (χ1v) is 7.40. The van der Waals surface area contributed by atoms with Crippen LogP contribution in [0.2, 0.25) is 0 Å². The van der Waals surface area contributed by atoms with E-state index in [1.54, 1.807) is 22.5 Å². The number of hydrogen-bond donors (Lipinski definition) is 1. The second-order valence-corrected chi connectivity index (χ2v) is 6.66. The third-order valence-electron chi connectivity index (χ3n) is 2.05. The van der Waals surface area contributed by atoms with Crippen LogP contribution in [-0.2, 0) is 6.54 Å². The molecular formula is C10H14NSSn. The molecule has 0 spiro atoms. The summed E-state index contributed by atoms with van der Waals surface area (Å²) in [6.45, 7) is 2.90. The Morgan fingerprint density at radius 3 is 2.77 bits per heavy atom. The van der Waals surface area contributed by atoms with Gasteiger partial charge in [0.15, 0.2) is 0 Å². The van der Waals surface area contributed by atoms with Crippen LogP contribution in [-0.4, -0.2) is 26.3 Å². The van der Waals surface area contributed by atoms with E-state index in [2.05, 4.69) is 31.2 Å². The van der Waals surface area contributed by atoms with E-state index in [9.17, 15) is 0 Å². The van der Waals surface area contributed by atoms with Gasteiger partial charge in [0.05, 0.1) is 0 Å². The summed E-state index contributed by atoms with van der Waals surface area (Å²) in [4.78, 5) is 0. The van der Waals surface area contributed by atoms with Crippen LogP contribution in [0.25, 0.3) is 0 Å². The summed E-state index contributed by atoms with van der Waals surface area (Å²) < 4.78 is 1.24. The summed E-state index contributed by atoms with van der Waals surface area (Å²) in [5, 5.41) is 0.582. The van der Waals surface area contributed by atoms with Crippen LogP contribution < -0.4 is 5.73 Å². The Kier molecular flexibility index (Phi) is 5.21. The Hall–Kier alpha value is 0.329. The molecule has 1 rings (SSSR count). The van der Waals surface area contributed by atoms with Crippen LogP contribution >= 0.6 is 11.8 Å². The molecule has 2 N–H and O–H groups in total. The van der Waals surface area contributed by atoms with Gasteiger partial charge in [-0.2, -0.15) is 0 Å². The average Bonchev–Trinajstić information content (AvgIpc) is 2.18. The molecule has 0 aliphatic rings. The number of benzene rings is 1. The average molecular weight is 299 g/mol. The Labute approximate surface area is 97.6 Å². The van der Waals surface area contributed by atoms with Gasteiger partial charge in [0.25, 0.3) is 0 Å². The van der Waals surface area contributed by atoms with E-state index in [0.717, 1.165) is 0 Å². The standard InChI is InChI=1S/C10H14NS.Sn/c1-8(12-2)10-6-4-3-5-9(10)7-11;/h3-6,8H,2,7,11H2,1H3;. The molecule has 69 valence electrons. The molecule has 1 atom stereocenters. The van der Waals surface area contributed by atoms with Crippen molar-refractivity contribution in [2.45, 2.75) is 18.7 Å². The number of rotatable bonds is 4. The molecule has 0 aliphatic heterocycles. The molecule has 1 unspecified atom stereocenters. The Morgan fingerprint density at radius 2 is 2.15 bits per heavy atom. The maximum atomic E-state index is 5.68. The molecule has 0 heterocycles. The van der Waals surface area contributed by atoms with Crippen molar-refractivity contribution in [2.75, 3.05) is 3.77 Å². The summed E-state index contributed by atoms with van der Waals surface area (Å²) in [6, 6.07) is 8.45. The van der Waals surface area contributed by atoms with Crippen molar-refractivity contribution >= 4 is 34.3 Å². The predicted octanol–water partition coefficient (Wildman–Crippen LogP) is 2.07. The molecule has 3 radical (unpaired) electrons. The summed E-state index contributed by atoms with van der Waals surface area (Å²) in [5.74, 6) is 0. The van der Waals surface area contributed by atoms with Crippen LogP contribution in [0.3, 0.4) is 0 Å².